The van der Waals surface area contributed by atoms with Crippen LogP contribution in [0, 0.1) is 5.92 Å². The molecule has 2 nitrogen and oxygen atoms in total. The topological polar surface area (TPSA) is 15.3 Å². The summed E-state index contributed by atoms with van der Waals surface area (Å²) >= 11 is 0. The highest BCUT2D eigenvalue weighted by atomic mass is 15.2. The van der Waals surface area contributed by atoms with Gasteiger partial charge in [-0.3, -0.25) is 0 Å². The molecule has 2 heteroatoms. The highest BCUT2D eigenvalue weighted by Gasteiger charge is 2.24. The standard InChI is InChI=1S/C18H30N2/c1-4-19-18(17-11-6-5-7-12-17)15(2)14-20-13-9-8-10-16(20)3/h5-7,11-12,15-16,18-19H,4,8-10,13-14H2,1-3H3. The van der Waals surface area contributed by atoms with E-state index in [1.54, 1.807) is 0 Å². The van der Waals surface area contributed by atoms with Crippen molar-refractivity contribution < 1.29 is 0 Å². The molecule has 0 amide bonds. The van der Waals surface area contributed by atoms with Gasteiger partial charge in [-0.25, -0.2) is 0 Å². The molecule has 1 aromatic rings. The van der Waals surface area contributed by atoms with Crippen molar-refractivity contribution in [3.63, 3.8) is 0 Å². The molecule has 0 saturated carbocycles. The molecule has 2 rings (SSSR count). The highest BCUT2D eigenvalue weighted by Crippen LogP contribution is 2.25. The quantitative estimate of drug-likeness (QED) is 0.847. The van der Waals surface area contributed by atoms with Gasteiger partial charge in [0.25, 0.3) is 0 Å². The molecule has 0 bridgehead atoms. The molecule has 112 valence electrons. The van der Waals surface area contributed by atoms with Crippen molar-refractivity contribution in [3.05, 3.63) is 35.9 Å². The van der Waals surface area contributed by atoms with Crippen LogP contribution in [0.3, 0.4) is 0 Å². The molecule has 3 unspecified atom stereocenters. The van der Waals surface area contributed by atoms with Gasteiger partial charge in [0.2, 0.25) is 0 Å². The van der Waals surface area contributed by atoms with Crippen LogP contribution >= 0.6 is 0 Å². The minimum absolute atomic E-state index is 0.468. The molecule has 1 fully saturated rings. The van der Waals surface area contributed by atoms with Gasteiger partial charge in [0, 0.05) is 18.6 Å². The first-order valence-corrected chi connectivity index (χ1v) is 8.24. The third kappa shape index (κ3) is 4.07. The molecular formula is C18H30N2. The van der Waals surface area contributed by atoms with Crippen molar-refractivity contribution in [2.24, 2.45) is 5.92 Å². The Kier molecular flexibility index (Phi) is 6.06. The zero-order valence-corrected chi connectivity index (χ0v) is 13.3. The number of hydrogen-bond acceptors (Lipinski definition) is 2. The Labute approximate surface area is 124 Å². The van der Waals surface area contributed by atoms with E-state index in [-0.39, 0.29) is 0 Å². The molecule has 1 N–H and O–H groups in total. The first kappa shape index (κ1) is 15.5. The van der Waals surface area contributed by atoms with E-state index in [4.69, 9.17) is 0 Å². The van der Waals surface area contributed by atoms with E-state index in [0.717, 1.165) is 12.6 Å². The number of nitrogens with zero attached hydrogens (tertiary/aromatic N) is 1. The molecule has 1 aliphatic heterocycles. The fourth-order valence-electron chi connectivity index (χ4n) is 3.43. The largest absolute Gasteiger partial charge is 0.310 e. The Morgan fingerprint density at radius 3 is 2.65 bits per heavy atom. The molecule has 20 heavy (non-hydrogen) atoms. The SMILES string of the molecule is CCNC(c1ccccc1)C(C)CN1CCCCC1C. The first-order chi connectivity index (χ1) is 9.72. The van der Waals surface area contributed by atoms with Crippen LogP contribution in [0.25, 0.3) is 0 Å². The maximum Gasteiger partial charge on any atom is 0.0358 e. The van der Waals surface area contributed by atoms with Crippen molar-refractivity contribution in [2.75, 3.05) is 19.6 Å². The van der Waals surface area contributed by atoms with E-state index < -0.39 is 0 Å². The van der Waals surface area contributed by atoms with E-state index in [2.05, 4.69) is 61.3 Å². The maximum absolute atomic E-state index is 3.68. The third-order valence-corrected chi connectivity index (χ3v) is 4.61. The van der Waals surface area contributed by atoms with Crippen LogP contribution in [0.5, 0.6) is 0 Å². The van der Waals surface area contributed by atoms with Crippen LogP contribution < -0.4 is 5.32 Å². The number of nitrogens with one attached hydrogen (secondary N) is 1. The molecular weight excluding hydrogens is 244 g/mol. The van der Waals surface area contributed by atoms with Gasteiger partial charge in [-0.05, 0) is 44.3 Å². The Hall–Kier alpha value is -0.860. The van der Waals surface area contributed by atoms with Crippen LogP contribution in [0.15, 0.2) is 30.3 Å². The average Bonchev–Trinajstić information content (AvgIpc) is 2.48. The Bertz CT molecular complexity index is 376. The monoisotopic (exact) mass is 274 g/mol. The van der Waals surface area contributed by atoms with Crippen molar-refractivity contribution >= 4 is 0 Å². The molecule has 1 saturated heterocycles. The van der Waals surface area contributed by atoms with Gasteiger partial charge in [-0.15, -0.1) is 0 Å². The minimum Gasteiger partial charge on any atom is -0.310 e. The lowest BCUT2D eigenvalue weighted by Crippen LogP contribution is -2.42. The van der Waals surface area contributed by atoms with Crippen molar-refractivity contribution in [2.45, 2.75) is 52.1 Å². The van der Waals surface area contributed by atoms with E-state index in [1.807, 2.05) is 0 Å². The molecule has 1 aliphatic rings. The Balaban J connectivity index is 2.01. The summed E-state index contributed by atoms with van der Waals surface area (Å²) < 4.78 is 0. The summed E-state index contributed by atoms with van der Waals surface area (Å²) in [7, 11) is 0. The normalized spacial score (nSPS) is 23.4. The lowest BCUT2D eigenvalue weighted by molar-refractivity contribution is 0.128. The summed E-state index contributed by atoms with van der Waals surface area (Å²) in [5, 5.41) is 3.68. The van der Waals surface area contributed by atoms with Gasteiger partial charge >= 0.3 is 0 Å². The Morgan fingerprint density at radius 1 is 1.25 bits per heavy atom. The van der Waals surface area contributed by atoms with Crippen LogP contribution in [-0.2, 0) is 0 Å². The number of piperidine rings is 1. The van der Waals surface area contributed by atoms with E-state index in [1.165, 1.54) is 37.9 Å². The molecule has 0 spiro atoms. The zero-order chi connectivity index (χ0) is 14.4. The molecule has 1 heterocycles. The predicted octanol–water partition coefficient (Wildman–Crippen LogP) is 3.85. The van der Waals surface area contributed by atoms with Gasteiger partial charge < -0.3 is 10.2 Å². The summed E-state index contributed by atoms with van der Waals surface area (Å²) in [6.45, 7) is 10.5. The van der Waals surface area contributed by atoms with Crippen LogP contribution in [0.2, 0.25) is 0 Å². The van der Waals surface area contributed by atoms with Gasteiger partial charge in [-0.2, -0.15) is 0 Å². The number of likely N-dealkylation sites (tertiary alicyclic amines) is 1. The van der Waals surface area contributed by atoms with Crippen LogP contribution in [0.4, 0.5) is 0 Å². The van der Waals surface area contributed by atoms with Crippen molar-refractivity contribution in [3.8, 4) is 0 Å². The molecule has 3 atom stereocenters. The number of rotatable bonds is 6. The molecule has 0 aromatic heterocycles. The summed E-state index contributed by atoms with van der Waals surface area (Å²) in [6.07, 6.45) is 4.14. The van der Waals surface area contributed by atoms with Crippen molar-refractivity contribution in [1.82, 2.24) is 10.2 Å². The highest BCUT2D eigenvalue weighted by molar-refractivity contribution is 5.19. The summed E-state index contributed by atoms with van der Waals surface area (Å²) in [5.41, 5.74) is 1.42. The van der Waals surface area contributed by atoms with E-state index >= 15 is 0 Å². The van der Waals surface area contributed by atoms with Gasteiger partial charge in [-0.1, -0.05) is 50.6 Å². The predicted molar refractivity (Wildman–Crippen MR) is 86.9 cm³/mol. The van der Waals surface area contributed by atoms with E-state index in [0.29, 0.717) is 12.0 Å². The summed E-state index contributed by atoms with van der Waals surface area (Å²) in [5.74, 6) is 0.637. The molecule has 0 radical (unpaired) electrons. The second-order valence-corrected chi connectivity index (χ2v) is 6.26. The summed E-state index contributed by atoms with van der Waals surface area (Å²) in [4.78, 5) is 2.68. The number of hydrogen-bond donors (Lipinski definition) is 1. The zero-order valence-electron chi connectivity index (χ0n) is 13.3. The second-order valence-electron chi connectivity index (χ2n) is 6.26. The van der Waals surface area contributed by atoms with E-state index in [9.17, 15) is 0 Å². The fraction of sp³-hybridized carbons (Fsp3) is 0.667. The second kappa shape index (κ2) is 7.80. The smallest absolute Gasteiger partial charge is 0.0358 e. The third-order valence-electron chi connectivity index (χ3n) is 4.61. The fourth-order valence-corrected chi connectivity index (χ4v) is 3.43. The molecule has 0 aliphatic carbocycles. The lowest BCUT2D eigenvalue weighted by Gasteiger charge is -2.37. The molecule has 1 aromatic carbocycles. The minimum atomic E-state index is 0.468. The average molecular weight is 274 g/mol. The lowest BCUT2D eigenvalue weighted by atomic mass is 9.92. The number of benzene rings is 1. The van der Waals surface area contributed by atoms with Gasteiger partial charge in [0.1, 0.15) is 0 Å². The van der Waals surface area contributed by atoms with Crippen molar-refractivity contribution in [1.29, 1.82) is 0 Å². The first-order valence-electron chi connectivity index (χ1n) is 8.24. The van der Waals surface area contributed by atoms with Gasteiger partial charge in [0.05, 0.1) is 0 Å². The summed E-state index contributed by atoms with van der Waals surface area (Å²) in [6, 6.07) is 12.1. The van der Waals surface area contributed by atoms with Crippen LogP contribution in [0.1, 0.15) is 51.6 Å². The van der Waals surface area contributed by atoms with Crippen LogP contribution in [-0.4, -0.2) is 30.6 Å². The van der Waals surface area contributed by atoms with Gasteiger partial charge in [0.15, 0.2) is 0 Å². The Morgan fingerprint density at radius 2 is 2.00 bits per heavy atom. The maximum atomic E-state index is 3.68.